The van der Waals surface area contributed by atoms with Crippen molar-refractivity contribution in [2.45, 2.75) is 19.4 Å². The van der Waals surface area contributed by atoms with Crippen LogP contribution in [0.3, 0.4) is 0 Å². The maximum atomic E-state index is 12.0. The van der Waals surface area contributed by atoms with E-state index in [2.05, 4.69) is 16.2 Å². The van der Waals surface area contributed by atoms with Gasteiger partial charge in [0.15, 0.2) is 0 Å². The highest BCUT2D eigenvalue weighted by molar-refractivity contribution is 6.32. The molecule has 28 heavy (non-hydrogen) atoms. The molecule has 2 aromatic carbocycles. The number of carbonyl (C=O) groups excluding carboxylic acids is 3. The monoisotopic (exact) mass is 404 g/mol. The molecule has 3 N–H and O–H groups in total. The molecular formula is C18H17ClN4O5. The molecule has 0 unspecified atom stereocenters. The number of carbonyl (C=O) groups is 3. The van der Waals surface area contributed by atoms with Gasteiger partial charge in [0.25, 0.3) is 11.6 Å². The zero-order valence-corrected chi connectivity index (χ0v) is 15.4. The van der Waals surface area contributed by atoms with E-state index in [-0.39, 0.29) is 29.3 Å². The first kappa shape index (κ1) is 20.8. The van der Waals surface area contributed by atoms with E-state index in [0.29, 0.717) is 6.54 Å². The molecule has 0 heterocycles. The van der Waals surface area contributed by atoms with E-state index in [4.69, 9.17) is 11.6 Å². The Kier molecular flexibility index (Phi) is 7.46. The van der Waals surface area contributed by atoms with Crippen LogP contribution in [0.25, 0.3) is 0 Å². The average Bonchev–Trinajstić information content (AvgIpc) is 2.69. The average molecular weight is 405 g/mol. The third-order valence-corrected chi connectivity index (χ3v) is 3.95. The summed E-state index contributed by atoms with van der Waals surface area (Å²) >= 11 is 5.68. The fourth-order valence-electron chi connectivity index (χ4n) is 2.17. The first-order valence-electron chi connectivity index (χ1n) is 8.20. The molecular weight excluding hydrogens is 388 g/mol. The van der Waals surface area contributed by atoms with Crippen LogP contribution in [0, 0.1) is 10.1 Å². The number of benzene rings is 2. The Morgan fingerprint density at radius 3 is 2.32 bits per heavy atom. The summed E-state index contributed by atoms with van der Waals surface area (Å²) in [6.45, 7) is 0.355. The summed E-state index contributed by atoms with van der Waals surface area (Å²) in [5.74, 6) is -1.63. The van der Waals surface area contributed by atoms with Gasteiger partial charge in [-0.2, -0.15) is 0 Å². The molecule has 0 fully saturated rings. The highest BCUT2D eigenvalue weighted by Gasteiger charge is 2.16. The fourth-order valence-corrected chi connectivity index (χ4v) is 2.35. The minimum atomic E-state index is -0.748. The molecule has 146 valence electrons. The molecule has 3 amide bonds. The van der Waals surface area contributed by atoms with Crippen molar-refractivity contribution >= 4 is 35.0 Å². The summed E-state index contributed by atoms with van der Waals surface area (Å²) in [4.78, 5) is 45.6. The van der Waals surface area contributed by atoms with Crippen molar-refractivity contribution in [1.29, 1.82) is 0 Å². The largest absolute Gasteiger partial charge is 0.352 e. The van der Waals surface area contributed by atoms with Crippen LogP contribution >= 0.6 is 11.6 Å². The van der Waals surface area contributed by atoms with Gasteiger partial charge in [0, 0.05) is 31.0 Å². The number of halogens is 1. The van der Waals surface area contributed by atoms with E-state index in [9.17, 15) is 24.5 Å². The molecule has 0 spiro atoms. The normalized spacial score (nSPS) is 10.0. The number of nitro groups is 1. The number of hydrazine groups is 1. The molecule has 2 rings (SSSR count). The lowest BCUT2D eigenvalue weighted by Crippen LogP contribution is -2.42. The minimum Gasteiger partial charge on any atom is -0.352 e. The van der Waals surface area contributed by atoms with Crippen LogP contribution in [0.4, 0.5) is 5.69 Å². The van der Waals surface area contributed by atoms with Gasteiger partial charge >= 0.3 is 0 Å². The Morgan fingerprint density at radius 2 is 1.64 bits per heavy atom. The van der Waals surface area contributed by atoms with Gasteiger partial charge in [-0.3, -0.25) is 35.3 Å². The topological polar surface area (TPSA) is 130 Å². The molecule has 0 saturated carbocycles. The van der Waals surface area contributed by atoms with Crippen molar-refractivity contribution in [1.82, 2.24) is 16.2 Å². The minimum absolute atomic E-state index is 0.0444. The predicted octanol–water partition coefficient (Wildman–Crippen LogP) is 2.11. The van der Waals surface area contributed by atoms with Crippen LogP contribution in [0.1, 0.15) is 28.8 Å². The van der Waals surface area contributed by atoms with Crippen LogP contribution in [-0.2, 0) is 16.1 Å². The lowest BCUT2D eigenvalue weighted by molar-refractivity contribution is -0.384. The van der Waals surface area contributed by atoms with E-state index in [1.54, 1.807) is 0 Å². The van der Waals surface area contributed by atoms with Gasteiger partial charge in [0.1, 0.15) is 5.02 Å². The first-order valence-corrected chi connectivity index (χ1v) is 8.58. The molecule has 0 bridgehead atoms. The van der Waals surface area contributed by atoms with Gasteiger partial charge in [-0.1, -0.05) is 41.9 Å². The molecule has 9 nitrogen and oxygen atoms in total. The van der Waals surface area contributed by atoms with E-state index < -0.39 is 22.4 Å². The summed E-state index contributed by atoms with van der Waals surface area (Å²) in [5.41, 5.74) is 4.75. The van der Waals surface area contributed by atoms with E-state index in [0.717, 1.165) is 11.6 Å². The Labute approximate surface area is 165 Å². The maximum Gasteiger partial charge on any atom is 0.288 e. The van der Waals surface area contributed by atoms with Gasteiger partial charge < -0.3 is 5.32 Å². The molecule has 0 aliphatic carbocycles. The number of hydrogen-bond acceptors (Lipinski definition) is 5. The molecule has 10 heteroatoms. The van der Waals surface area contributed by atoms with E-state index >= 15 is 0 Å². The van der Waals surface area contributed by atoms with Gasteiger partial charge in [-0.25, -0.2) is 0 Å². The van der Waals surface area contributed by atoms with Crippen molar-refractivity contribution in [3.05, 3.63) is 74.8 Å². The third-order valence-electron chi connectivity index (χ3n) is 3.63. The second-order valence-electron chi connectivity index (χ2n) is 5.69. The van der Waals surface area contributed by atoms with Gasteiger partial charge in [-0.05, 0) is 17.7 Å². The lowest BCUT2D eigenvalue weighted by atomic mass is 10.2. The molecule has 2 aromatic rings. The van der Waals surface area contributed by atoms with Crippen molar-refractivity contribution in [2.24, 2.45) is 0 Å². The summed E-state index contributed by atoms with van der Waals surface area (Å²) in [6, 6.07) is 12.8. The second-order valence-corrected chi connectivity index (χ2v) is 6.10. The summed E-state index contributed by atoms with van der Waals surface area (Å²) < 4.78 is 0. The highest BCUT2D eigenvalue weighted by Crippen LogP contribution is 2.24. The zero-order chi connectivity index (χ0) is 20.5. The Balaban J connectivity index is 1.74. The van der Waals surface area contributed by atoms with Crippen LogP contribution in [0.2, 0.25) is 5.02 Å². The first-order chi connectivity index (χ1) is 13.4. The zero-order valence-electron chi connectivity index (χ0n) is 14.6. The van der Waals surface area contributed by atoms with E-state index in [1.807, 2.05) is 30.3 Å². The number of rotatable bonds is 7. The Morgan fingerprint density at radius 1 is 0.964 bits per heavy atom. The summed E-state index contributed by atoms with van der Waals surface area (Å²) in [7, 11) is 0. The molecule has 0 aliphatic rings. The number of nitrogens with one attached hydrogen (secondary N) is 3. The number of amides is 3. The van der Waals surface area contributed by atoms with Crippen molar-refractivity contribution in [2.75, 3.05) is 0 Å². The van der Waals surface area contributed by atoms with E-state index in [1.165, 1.54) is 12.1 Å². The quantitative estimate of drug-likeness (QED) is 0.480. The third kappa shape index (κ3) is 6.36. The van der Waals surface area contributed by atoms with Crippen LogP contribution in [-0.4, -0.2) is 22.6 Å². The van der Waals surface area contributed by atoms with Crippen molar-refractivity contribution in [3.8, 4) is 0 Å². The number of hydrogen-bond donors (Lipinski definition) is 3. The summed E-state index contributed by atoms with van der Waals surface area (Å²) in [6.07, 6.45) is -0.192. The fraction of sp³-hybridized carbons (Fsp3) is 0.167. The maximum absolute atomic E-state index is 12.0. The van der Waals surface area contributed by atoms with Crippen LogP contribution in [0.15, 0.2) is 48.5 Å². The predicted molar refractivity (Wildman–Crippen MR) is 101 cm³/mol. The Hall–Kier alpha value is -3.46. The smallest absolute Gasteiger partial charge is 0.288 e. The molecule has 0 aliphatic heterocycles. The van der Waals surface area contributed by atoms with Gasteiger partial charge in [0.05, 0.1) is 4.92 Å². The molecule has 0 atom stereocenters. The van der Waals surface area contributed by atoms with Crippen LogP contribution in [0.5, 0.6) is 0 Å². The van der Waals surface area contributed by atoms with Crippen molar-refractivity contribution < 1.29 is 19.3 Å². The van der Waals surface area contributed by atoms with Crippen molar-refractivity contribution in [3.63, 3.8) is 0 Å². The highest BCUT2D eigenvalue weighted by atomic mass is 35.5. The molecule has 0 aromatic heterocycles. The van der Waals surface area contributed by atoms with Gasteiger partial charge in [-0.15, -0.1) is 0 Å². The van der Waals surface area contributed by atoms with Crippen LogP contribution < -0.4 is 16.2 Å². The summed E-state index contributed by atoms with van der Waals surface area (Å²) in [5, 5.41) is 13.4. The second kappa shape index (κ2) is 10.0. The Bertz CT molecular complexity index is 889. The molecule has 0 saturated heterocycles. The van der Waals surface area contributed by atoms with Gasteiger partial charge in [0.2, 0.25) is 11.8 Å². The lowest BCUT2D eigenvalue weighted by Gasteiger charge is -2.08. The number of nitro benzene ring substituents is 1. The molecule has 0 radical (unpaired) electrons. The number of nitrogens with zero attached hydrogens (tertiary/aromatic N) is 1. The SMILES string of the molecule is O=C(CCC(=O)NNC(=O)c1ccc(Cl)c([N+](=O)[O-])c1)NCc1ccccc1. The standard InChI is InChI=1S/C18H17ClN4O5/c19-14-7-6-13(10-15(14)23(27)28)18(26)22-21-17(25)9-8-16(24)20-11-12-4-2-1-3-5-12/h1-7,10H,8-9,11H2,(H,20,24)(H,21,25)(H,22,26).